The fourth-order valence-corrected chi connectivity index (χ4v) is 6.55. The first-order valence-electron chi connectivity index (χ1n) is 11.9. The van der Waals surface area contributed by atoms with Crippen LogP contribution in [0.4, 0.5) is 0 Å². The summed E-state index contributed by atoms with van der Waals surface area (Å²) in [5.41, 5.74) is 0.685. The first-order valence-corrected chi connectivity index (χ1v) is 11.9. The summed E-state index contributed by atoms with van der Waals surface area (Å²) >= 11 is 0. The Labute approximate surface area is 178 Å². The Hall–Kier alpha value is -0.930. The molecule has 1 aromatic rings. The van der Waals surface area contributed by atoms with E-state index in [1.807, 2.05) is 7.11 Å². The van der Waals surface area contributed by atoms with E-state index in [-0.39, 0.29) is 11.5 Å². The predicted octanol–water partition coefficient (Wildman–Crippen LogP) is 6.30. The monoisotopic (exact) mass is 401 g/mol. The van der Waals surface area contributed by atoms with E-state index < -0.39 is 5.60 Å². The van der Waals surface area contributed by atoms with Gasteiger partial charge in [-0.25, -0.2) is 0 Å². The van der Waals surface area contributed by atoms with Crippen molar-refractivity contribution in [3.8, 4) is 0 Å². The molecule has 2 aliphatic rings. The lowest BCUT2D eigenvalue weighted by Gasteiger charge is -2.48. The van der Waals surface area contributed by atoms with Crippen LogP contribution in [0.1, 0.15) is 91.5 Å². The SMILES string of the molecule is CO[C@@]1(c2cccc([C@]3(O)C[C@H](C)CC[C@H]3C(C)C)n2)C[C@H](C)CC[C@H]1C(C)C. The smallest absolute Gasteiger partial charge is 0.113 e. The normalized spacial score (nSPS) is 38.6. The summed E-state index contributed by atoms with van der Waals surface area (Å²) in [6.07, 6.45) is 6.50. The molecule has 3 nitrogen and oxygen atoms in total. The van der Waals surface area contributed by atoms with Crippen molar-refractivity contribution in [1.82, 2.24) is 4.98 Å². The van der Waals surface area contributed by atoms with E-state index in [4.69, 9.17) is 9.72 Å². The molecule has 1 N–H and O–H groups in total. The van der Waals surface area contributed by atoms with Gasteiger partial charge in [0.15, 0.2) is 0 Å². The van der Waals surface area contributed by atoms with Gasteiger partial charge in [-0.05, 0) is 73.3 Å². The molecule has 0 spiro atoms. The molecule has 0 amide bonds. The van der Waals surface area contributed by atoms with Gasteiger partial charge in [-0.1, -0.05) is 60.5 Å². The number of ether oxygens (including phenoxy) is 1. The second-order valence-corrected chi connectivity index (χ2v) is 10.9. The highest BCUT2D eigenvalue weighted by molar-refractivity contribution is 5.25. The zero-order chi connectivity index (χ0) is 21.4. The van der Waals surface area contributed by atoms with Gasteiger partial charge in [0.2, 0.25) is 0 Å². The Morgan fingerprint density at radius 3 is 2.03 bits per heavy atom. The van der Waals surface area contributed by atoms with Crippen LogP contribution in [0.25, 0.3) is 0 Å². The molecule has 2 saturated carbocycles. The topological polar surface area (TPSA) is 42.4 Å². The predicted molar refractivity (Wildman–Crippen MR) is 120 cm³/mol. The van der Waals surface area contributed by atoms with Crippen molar-refractivity contribution in [1.29, 1.82) is 0 Å². The highest BCUT2D eigenvalue weighted by Crippen LogP contribution is 2.51. The van der Waals surface area contributed by atoms with Gasteiger partial charge >= 0.3 is 0 Å². The summed E-state index contributed by atoms with van der Waals surface area (Å²) in [6, 6.07) is 6.29. The quantitative estimate of drug-likeness (QED) is 0.630. The second kappa shape index (κ2) is 8.67. The molecule has 29 heavy (non-hydrogen) atoms. The minimum absolute atomic E-state index is 0.256. The number of hydrogen-bond donors (Lipinski definition) is 1. The summed E-state index contributed by atoms with van der Waals surface area (Å²) in [6.45, 7) is 13.7. The third kappa shape index (κ3) is 4.14. The van der Waals surface area contributed by atoms with Gasteiger partial charge in [0.05, 0.1) is 11.4 Å². The number of aromatic nitrogens is 1. The van der Waals surface area contributed by atoms with E-state index in [2.05, 4.69) is 59.7 Å². The highest BCUT2D eigenvalue weighted by atomic mass is 16.5. The molecular weight excluding hydrogens is 358 g/mol. The fourth-order valence-electron chi connectivity index (χ4n) is 6.55. The van der Waals surface area contributed by atoms with Crippen LogP contribution in [0, 0.1) is 35.5 Å². The van der Waals surface area contributed by atoms with E-state index in [9.17, 15) is 5.11 Å². The van der Waals surface area contributed by atoms with Crippen LogP contribution in [0.3, 0.4) is 0 Å². The molecule has 0 radical (unpaired) electrons. The number of nitrogens with zero attached hydrogens (tertiary/aromatic N) is 1. The van der Waals surface area contributed by atoms with E-state index >= 15 is 0 Å². The van der Waals surface area contributed by atoms with Crippen LogP contribution < -0.4 is 0 Å². The maximum Gasteiger partial charge on any atom is 0.113 e. The molecular formula is C26H43NO2. The zero-order valence-corrected chi connectivity index (χ0v) is 19.7. The Kier molecular flexibility index (Phi) is 6.80. The van der Waals surface area contributed by atoms with Crippen molar-refractivity contribution in [3.05, 3.63) is 29.6 Å². The number of aliphatic hydroxyl groups is 1. The molecule has 3 rings (SSSR count). The standard InChI is InChI=1S/C26H43NO2/c1-17(2)21-13-11-19(5)15-25(21,28)23-9-8-10-24(27-23)26(29-7)16-20(6)12-14-22(26)18(3)4/h8-10,17-22,28H,11-16H2,1-7H3/t19-,20-,21+,22+,25+,26+/m1/s1. The third-order valence-corrected chi connectivity index (χ3v) is 8.06. The minimum atomic E-state index is -0.843. The van der Waals surface area contributed by atoms with Crippen molar-refractivity contribution in [3.63, 3.8) is 0 Å². The molecule has 2 aliphatic carbocycles. The molecule has 6 atom stereocenters. The molecule has 2 fully saturated rings. The van der Waals surface area contributed by atoms with Crippen LogP contribution in [0.2, 0.25) is 0 Å². The lowest BCUT2D eigenvalue weighted by molar-refractivity contribution is -0.121. The molecule has 164 valence electrons. The highest BCUT2D eigenvalue weighted by Gasteiger charge is 2.49. The summed E-state index contributed by atoms with van der Waals surface area (Å²) in [5.74, 6) is 2.83. The van der Waals surface area contributed by atoms with Gasteiger partial charge in [0.25, 0.3) is 0 Å². The van der Waals surface area contributed by atoms with E-state index in [1.54, 1.807) is 0 Å². The van der Waals surface area contributed by atoms with E-state index in [0.29, 0.717) is 29.6 Å². The lowest BCUT2D eigenvalue weighted by atomic mass is 9.64. The van der Waals surface area contributed by atoms with Crippen molar-refractivity contribution in [2.75, 3.05) is 7.11 Å². The van der Waals surface area contributed by atoms with Crippen LogP contribution in [0.15, 0.2) is 18.2 Å². The largest absolute Gasteiger partial charge is 0.383 e. The summed E-state index contributed by atoms with van der Waals surface area (Å²) in [5, 5.41) is 11.9. The van der Waals surface area contributed by atoms with Crippen LogP contribution in [0.5, 0.6) is 0 Å². The van der Waals surface area contributed by atoms with Gasteiger partial charge in [0.1, 0.15) is 11.2 Å². The number of hydrogen-bond acceptors (Lipinski definition) is 3. The first-order chi connectivity index (χ1) is 13.6. The number of pyridine rings is 1. The zero-order valence-electron chi connectivity index (χ0n) is 19.7. The molecule has 0 aliphatic heterocycles. The fraction of sp³-hybridized carbons (Fsp3) is 0.808. The molecule has 0 aromatic carbocycles. The van der Waals surface area contributed by atoms with Crippen LogP contribution in [-0.2, 0) is 15.9 Å². The second-order valence-electron chi connectivity index (χ2n) is 10.9. The molecule has 0 bridgehead atoms. The number of methoxy groups -OCH3 is 1. The van der Waals surface area contributed by atoms with Gasteiger partial charge < -0.3 is 9.84 Å². The van der Waals surface area contributed by atoms with Gasteiger partial charge in [0, 0.05) is 7.11 Å². The lowest BCUT2D eigenvalue weighted by Crippen LogP contribution is -2.47. The van der Waals surface area contributed by atoms with Crippen molar-refractivity contribution < 1.29 is 9.84 Å². The summed E-state index contributed by atoms with van der Waals surface area (Å²) in [4.78, 5) is 5.19. The van der Waals surface area contributed by atoms with Gasteiger partial charge in [-0.15, -0.1) is 0 Å². The molecule has 0 saturated heterocycles. The Bertz CT molecular complexity index is 687. The Morgan fingerprint density at radius 1 is 0.897 bits per heavy atom. The average molecular weight is 402 g/mol. The number of rotatable bonds is 5. The van der Waals surface area contributed by atoms with Crippen molar-refractivity contribution in [2.45, 2.75) is 91.3 Å². The van der Waals surface area contributed by atoms with E-state index in [0.717, 1.165) is 30.7 Å². The Balaban J connectivity index is 2.07. The molecule has 0 unspecified atom stereocenters. The van der Waals surface area contributed by atoms with E-state index in [1.165, 1.54) is 19.3 Å². The van der Waals surface area contributed by atoms with Gasteiger partial charge in [-0.2, -0.15) is 0 Å². The van der Waals surface area contributed by atoms with Crippen LogP contribution >= 0.6 is 0 Å². The van der Waals surface area contributed by atoms with Gasteiger partial charge in [-0.3, -0.25) is 4.98 Å². The maximum absolute atomic E-state index is 11.9. The third-order valence-electron chi connectivity index (χ3n) is 8.06. The van der Waals surface area contributed by atoms with Crippen molar-refractivity contribution >= 4 is 0 Å². The summed E-state index contributed by atoms with van der Waals surface area (Å²) in [7, 11) is 1.86. The first kappa shape index (κ1) is 22.7. The molecule has 1 aromatic heterocycles. The maximum atomic E-state index is 11.9. The minimum Gasteiger partial charge on any atom is -0.383 e. The van der Waals surface area contributed by atoms with Crippen molar-refractivity contribution in [2.24, 2.45) is 35.5 Å². The summed E-state index contributed by atoms with van der Waals surface area (Å²) < 4.78 is 6.34. The van der Waals surface area contributed by atoms with Crippen LogP contribution in [-0.4, -0.2) is 17.2 Å². The Morgan fingerprint density at radius 2 is 1.45 bits per heavy atom. The molecule has 3 heteroatoms. The molecule has 1 heterocycles. The average Bonchev–Trinajstić information content (AvgIpc) is 2.67.